The molecule has 1 fully saturated rings. The number of rotatable bonds is 1. The molecule has 2 rings (SSSR count). The average molecular weight is 289 g/mol. The molecule has 0 spiro atoms. The zero-order valence-electron chi connectivity index (χ0n) is 10.6. The lowest BCUT2D eigenvalue weighted by atomic mass is 10.00. The van der Waals surface area contributed by atoms with Gasteiger partial charge in [-0.25, -0.2) is 0 Å². The second-order valence-corrected chi connectivity index (χ2v) is 4.31. The van der Waals surface area contributed by atoms with Crippen LogP contribution in [-0.2, 0) is 4.74 Å². The van der Waals surface area contributed by atoms with Gasteiger partial charge in [0, 0.05) is 5.69 Å². The molecule has 114 valence electrons. The quantitative estimate of drug-likeness (QED) is 0.226. The van der Waals surface area contributed by atoms with Crippen molar-refractivity contribution in [3.63, 3.8) is 0 Å². The molecule has 0 saturated carbocycles. The van der Waals surface area contributed by atoms with E-state index in [0.717, 1.165) is 0 Å². The van der Waals surface area contributed by atoms with Crippen molar-refractivity contribution in [3.05, 3.63) is 24.3 Å². The SMILES string of the molecule is Nc1ccc(O)cc1.OC[C@H]1O[C@@H](O)[C@H](O)[C@@H](O)[C@H]1O. The lowest BCUT2D eigenvalue weighted by molar-refractivity contribution is -0.286. The molecule has 1 saturated heterocycles. The Balaban J connectivity index is 0.000000217. The van der Waals surface area contributed by atoms with E-state index in [4.69, 9.17) is 36.4 Å². The van der Waals surface area contributed by atoms with Gasteiger partial charge in [0.25, 0.3) is 0 Å². The Morgan fingerprint density at radius 2 is 1.50 bits per heavy atom. The molecular weight excluding hydrogens is 270 g/mol. The second kappa shape index (κ2) is 7.39. The molecule has 8 N–H and O–H groups in total. The fourth-order valence-electron chi connectivity index (χ4n) is 1.56. The Morgan fingerprint density at radius 1 is 0.950 bits per heavy atom. The number of anilines is 1. The van der Waals surface area contributed by atoms with E-state index in [1.54, 1.807) is 24.3 Å². The van der Waals surface area contributed by atoms with E-state index >= 15 is 0 Å². The smallest absolute Gasteiger partial charge is 0.184 e. The zero-order chi connectivity index (χ0) is 15.3. The molecular formula is C12H19NO7. The van der Waals surface area contributed by atoms with Gasteiger partial charge in [-0.3, -0.25) is 0 Å². The van der Waals surface area contributed by atoms with Crippen LogP contribution in [0, 0.1) is 0 Å². The number of phenolic OH excluding ortho intramolecular Hbond substituents is 1. The van der Waals surface area contributed by atoms with Crippen LogP contribution in [0.15, 0.2) is 24.3 Å². The molecule has 8 nitrogen and oxygen atoms in total. The van der Waals surface area contributed by atoms with Crippen molar-refractivity contribution in [2.24, 2.45) is 0 Å². The topological polar surface area (TPSA) is 157 Å². The van der Waals surface area contributed by atoms with Gasteiger partial charge in [0.15, 0.2) is 6.29 Å². The molecule has 1 heterocycles. The molecule has 0 aliphatic carbocycles. The summed E-state index contributed by atoms with van der Waals surface area (Å²) in [5, 5.41) is 53.4. The molecule has 0 radical (unpaired) electrons. The maximum Gasteiger partial charge on any atom is 0.184 e. The normalized spacial score (nSPS) is 33.1. The predicted molar refractivity (Wildman–Crippen MR) is 68.5 cm³/mol. The number of nitrogen functional groups attached to an aromatic ring is 1. The van der Waals surface area contributed by atoms with E-state index in [-0.39, 0.29) is 5.75 Å². The van der Waals surface area contributed by atoms with E-state index < -0.39 is 37.3 Å². The number of hydrogen-bond donors (Lipinski definition) is 7. The largest absolute Gasteiger partial charge is 0.508 e. The van der Waals surface area contributed by atoms with E-state index in [9.17, 15) is 0 Å². The molecule has 0 aromatic heterocycles. The Labute approximate surface area is 115 Å². The summed E-state index contributed by atoms with van der Waals surface area (Å²) in [6.45, 7) is -0.526. The molecule has 1 aliphatic rings. The third kappa shape index (κ3) is 4.30. The summed E-state index contributed by atoms with van der Waals surface area (Å²) >= 11 is 0. The molecule has 0 amide bonds. The van der Waals surface area contributed by atoms with Crippen LogP contribution in [0.1, 0.15) is 0 Å². The highest BCUT2D eigenvalue weighted by atomic mass is 16.6. The van der Waals surface area contributed by atoms with Gasteiger partial charge in [-0.2, -0.15) is 0 Å². The van der Waals surface area contributed by atoms with Gasteiger partial charge in [0.05, 0.1) is 6.61 Å². The maximum atomic E-state index is 9.12. The van der Waals surface area contributed by atoms with Crippen LogP contribution in [0.25, 0.3) is 0 Å². The van der Waals surface area contributed by atoms with Gasteiger partial charge in [-0.1, -0.05) is 0 Å². The van der Waals surface area contributed by atoms with Crippen molar-refractivity contribution < 1.29 is 35.4 Å². The van der Waals surface area contributed by atoms with Crippen LogP contribution < -0.4 is 5.73 Å². The molecule has 1 aromatic carbocycles. The van der Waals surface area contributed by atoms with Crippen LogP contribution in [0.2, 0.25) is 0 Å². The number of nitrogens with two attached hydrogens (primary N) is 1. The number of ether oxygens (including phenoxy) is 1. The summed E-state index contributed by atoms with van der Waals surface area (Å²) in [6, 6.07) is 6.40. The van der Waals surface area contributed by atoms with Gasteiger partial charge in [-0.05, 0) is 24.3 Å². The highest BCUT2D eigenvalue weighted by Crippen LogP contribution is 2.19. The van der Waals surface area contributed by atoms with E-state index in [1.807, 2.05) is 0 Å². The number of phenols is 1. The van der Waals surface area contributed by atoms with Crippen molar-refractivity contribution in [1.82, 2.24) is 0 Å². The Kier molecular flexibility index (Phi) is 6.14. The average Bonchev–Trinajstić information content (AvgIpc) is 2.44. The zero-order valence-corrected chi connectivity index (χ0v) is 10.6. The number of aliphatic hydroxyl groups is 5. The summed E-state index contributed by atoms with van der Waals surface area (Å²) in [5.74, 6) is 0.249. The lowest BCUT2D eigenvalue weighted by Crippen LogP contribution is -2.58. The van der Waals surface area contributed by atoms with Gasteiger partial charge < -0.3 is 41.1 Å². The van der Waals surface area contributed by atoms with Crippen molar-refractivity contribution >= 4 is 5.69 Å². The molecule has 0 bridgehead atoms. The first kappa shape index (κ1) is 16.6. The van der Waals surface area contributed by atoms with E-state index in [0.29, 0.717) is 5.69 Å². The van der Waals surface area contributed by atoms with Crippen molar-refractivity contribution in [3.8, 4) is 5.75 Å². The van der Waals surface area contributed by atoms with Gasteiger partial charge in [-0.15, -0.1) is 0 Å². The fraction of sp³-hybridized carbons (Fsp3) is 0.500. The standard InChI is InChI=1S/C6H7NO.C6H12O6/c7-5-1-3-6(8)4-2-5;7-1-2-3(8)4(9)5(10)6(11)12-2/h1-4,8H,7H2;2-11H,1H2/t;2-,3+,4+,5-,6-/m.1/s1. The fourth-order valence-corrected chi connectivity index (χ4v) is 1.56. The highest BCUT2D eigenvalue weighted by Gasteiger charge is 2.42. The summed E-state index contributed by atoms with van der Waals surface area (Å²) < 4.78 is 4.58. The van der Waals surface area contributed by atoms with Gasteiger partial charge in [0.1, 0.15) is 30.2 Å². The molecule has 0 unspecified atom stereocenters. The first-order valence-corrected chi connectivity index (χ1v) is 5.90. The van der Waals surface area contributed by atoms with Gasteiger partial charge in [0.2, 0.25) is 0 Å². The number of benzene rings is 1. The number of aromatic hydroxyl groups is 1. The molecule has 8 heteroatoms. The Morgan fingerprint density at radius 3 is 1.95 bits per heavy atom. The van der Waals surface area contributed by atoms with Crippen molar-refractivity contribution in [2.75, 3.05) is 12.3 Å². The highest BCUT2D eigenvalue weighted by molar-refractivity contribution is 5.40. The Hall–Kier alpha value is -1.42. The molecule has 1 aliphatic heterocycles. The van der Waals surface area contributed by atoms with Crippen LogP contribution in [0.3, 0.4) is 0 Å². The van der Waals surface area contributed by atoms with E-state index in [2.05, 4.69) is 4.74 Å². The summed E-state index contributed by atoms with van der Waals surface area (Å²) in [7, 11) is 0. The van der Waals surface area contributed by atoms with Gasteiger partial charge >= 0.3 is 0 Å². The first-order valence-electron chi connectivity index (χ1n) is 5.90. The predicted octanol–water partition coefficient (Wildman–Crippen LogP) is -2.25. The maximum absolute atomic E-state index is 9.12. The van der Waals surface area contributed by atoms with Crippen molar-refractivity contribution in [1.29, 1.82) is 0 Å². The lowest BCUT2D eigenvalue weighted by Gasteiger charge is -2.37. The number of aliphatic hydroxyl groups excluding tert-OH is 5. The van der Waals surface area contributed by atoms with E-state index in [1.165, 1.54) is 0 Å². The molecule has 5 atom stereocenters. The summed E-state index contributed by atoms with van der Waals surface area (Å²) in [6.07, 6.45) is -7.04. The Bertz CT molecular complexity index is 374. The molecule has 20 heavy (non-hydrogen) atoms. The van der Waals surface area contributed by atoms with Crippen LogP contribution in [0.5, 0.6) is 5.75 Å². The minimum Gasteiger partial charge on any atom is -0.508 e. The van der Waals surface area contributed by atoms with Crippen LogP contribution >= 0.6 is 0 Å². The van der Waals surface area contributed by atoms with Crippen LogP contribution in [0.4, 0.5) is 5.69 Å². The number of hydrogen-bond acceptors (Lipinski definition) is 8. The monoisotopic (exact) mass is 289 g/mol. The third-order valence-electron chi connectivity index (χ3n) is 2.76. The summed E-state index contributed by atoms with van der Waals surface area (Å²) in [5.41, 5.74) is 5.98. The third-order valence-corrected chi connectivity index (χ3v) is 2.76. The van der Waals surface area contributed by atoms with Crippen LogP contribution in [-0.4, -0.2) is 68.0 Å². The van der Waals surface area contributed by atoms with Crippen molar-refractivity contribution in [2.45, 2.75) is 30.7 Å². The first-order chi connectivity index (χ1) is 9.36. The minimum absolute atomic E-state index is 0.249. The summed E-state index contributed by atoms with van der Waals surface area (Å²) in [4.78, 5) is 0. The second-order valence-electron chi connectivity index (χ2n) is 4.31. The molecule has 1 aromatic rings. The minimum atomic E-state index is -1.57.